The SMILES string of the molecule is C.C1CCOC1.Nc1cccc2cccc(-c3ccc4ccc(-c5ccc(N(c6ccccc6)c6ccccc6)cc5)cc4c3)c12.Nc1cccc2cccc(Br)c12.O[B]Oc1ccc2ccc(-c3ccc(N(c4ccccc4)c4ccccc4)cc3)cc2c1.[Cu][I].c1ccc(N(c2ccccc2)c2ccc(-c3ccc4cc5c(cc4c3)-c3cccc4cccc(c34)N5)cc2)cc1. The maximum absolute atomic E-state index is 8.91. The second-order valence-electron chi connectivity index (χ2n) is 31.9. The molecule has 21 aromatic rings. The Hall–Kier alpha value is -14.5. The number of benzene rings is 21. The molecule has 23 rings (SSSR count). The molecule has 647 valence electrons. The van der Waals surface area contributed by atoms with Gasteiger partial charge in [0.25, 0.3) is 0 Å². The van der Waals surface area contributed by atoms with Gasteiger partial charge in [-0.3, -0.25) is 0 Å². The molecule has 0 spiro atoms. The maximum atomic E-state index is 8.91. The van der Waals surface area contributed by atoms with E-state index in [9.17, 15) is 0 Å². The van der Waals surface area contributed by atoms with Crippen LogP contribution in [-0.4, -0.2) is 25.9 Å². The zero-order valence-electron chi connectivity index (χ0n) is 71.7. The van der Waals surface area contributed by atoms with E-state index in [2.05, 4.69) is 449 Å². The minimum Gasteiger partial charge on any atom is -0.354 e. The summed E-state index contributed by atoms with van der Waals surface area (Å²) in [7, 11) is 0.703. The van der Waals surface area contributed by atoms with E-state index in [1.807, 2.05) is 66.7 Å². The molecule has 0 unspecified atom stereocenters. The summed E-state index contributed by atoms with van der Waals surface area (Å²) < 4.78 is 11.1. The number of hydrogen-bond acceptors (Lipinski definition) is 9. The first kappa shape index (κ1) is 89.5. The molecule has 0 amide bonds. The van der Waals surface area contributed by atoms with Crippen LogP contribution in [0, 0.1) is 0 Å². The minimum atomic E-state index is 0. The number of nitrogens with zero attached hydrogens (tertiary/aromatic N) is 3. The summed E-state index contributed by atoms with van der Waals surface area (Å²) in [5.41, 5.74) is 38.3. The molecular weight excluding hydrogens is 1840 g/mol. The molecule has 0 saturated carbocycles. The Kier molecular flexibility index (Phi) is 29.0. The average molecular weight is 1940 g/mol. The van der Waals surface area contributed by atoms with Crippen molar-refractivity contribution in [1.82, 2.24) is 0 Å². The molecule has 0 bridgehead atoms. The van der Waals surface area contributed by atoms with Crippen LogP contribution in [0.2, 0.25) is 0 Å². The first-order valence-corrected chi connectivity index (χ1v) is 47.5. The van der Waals surface area contributed by atoms with Crippen LogP contribution in [0.3, 0.4) is 0 Å². The Morgan fingerprint density at radius 3 is 1.02 bits per heavy atom. The topological polar surface area (TPSA) is 112 Å². The number of hydrogen-bond donors (Lipinski definition) is 4. The Morgan fingerprint density at radius 2 is 0.606 bits per heavy atom. The zero-order valence-corrected chi connectivity index (χ0v) is 76.4. The molecule has 2 heterocycles. The maximum Gasteiger partial charge on any atom is 0.0470 e. The molecule has 13 heteroatoms. The zero-order chi connectivity index (χ0) is 89.2. The largest absolute Gasteiger partial charge is 0.354 e. The van der Waals surface area contributed by atoms with E-state index in [0.29, 0.717) is 13.4 Å². The summed E-state index contributed by atoms with van der Waals surface area (Å²) in [6, 6.07) is 164. The fourth-order valence-corrected chi connectivity index (χ4v) is 18.0. The van der Waals surface area contributed by atoms with Gasteiger partial charge in [-0.1, -0.05) is 308 Å². The third-order valence-electron chi connectivity index (χ3n) is 23.7. The van der Waals surface area contributed by atoms with Gasteiger partial charge in [-0.15, -0.1) is 0 Å². The Balaban J connectivity index is 0.000000125. The monoisotopic (exact) mass is 1940 g/mol. The van der Waals surface area contributed by atoms with Crippen molar-refractivity contribution >= 4 is 183 Å². The van der Waals surface area contributed by atoms with Gasteiger partial charge in [0.05, 0.1) is 0 Å². The van der Waals surface area contributed by atoms with Crippen LogP contribution in [0.4, 0.5) is 73.9 Å². The van der Waals surface area contributed by atoms with Crippen molar-refractivity contribution in [3.63, 3.8) is 0 Å². The summed E-state index contributed by atoms with van der Waals surface area (Å²) >= 11 is 9.34. The van der Waals surface area contributed by atoms with Crippen LogP contribution < -0.4 is 36.1 Å². The van der Waals surface area contributed by atoms with Crippen molar-refractivity contribution in [2.45, 2.75) is 20.3 Å². The Labute approximate surface area is 800 Å². The fourth-order valence-electron chi connectivity index (χ4n) is 17.4. The number of nitrogen functional groups attached to an aromatic ring is 2. The standard InChI is InChI=1S/C38H26N2.C38H28N2.C28H21BNO2.C10H8BrN.C4H8O.CH4.Cu.HI/c1-3-11-31(12-4-1)40(32-13-5-2-6-14-32)33-21-19-26(20-22-33)28-17-18-29-25-37-35(24-30(29)23-28)34-15-7-9-27-10-8-16-36(39-37)38(27)34;39-37-16-8-10-29-9-7-15-36(38(29)37)31-20-18-28-17-19-30(25-32(28)26-31)27-21-23-35(24-22-27)40(33-11-3-1-4-12-33)34-13-5-2-6-14-34;31-29-32-28-18-15-22-11-12-23(19-24(22)20-28)21-13-16-27(17-14-21)30(25-7-3-1-4-8-25)26-9-5-2-6-10-26;11-8-5-1-3-7-4-2-6-9(12)10(7)8;1-2-4-5-3-1;;;/h1-25,39H;1-26H,39H2;1-20,31H;1-6H,12H2;1-4H2;1H4;;1H/q;;;;;;+1;/p-1. The normalized spacial score (nSPS) is 11.4. The van der Waals surface area contributed by atoms with E-state index in [1.165, 1.54) is 95.2 Å². The van der Waals surface area contributed by atoms with Gasteiger partial charge in [0, 0.05) is 113 Å². The van der Waals surface area contributed by atoms with Gasteiger partial charge >= 0.3 is 40.8 Å². The van der Waals surface area contributed by atoms with E-state index >= 15 is 0 Å². The molecule has 6 N–H and O–H groups in total. The number of rotatable bonds is 15. The molecule has 1 fully saturated rings. The van der Waals surface area contributed by atoms with Gasteiger partial charge in [0.15, 0.2) is 0 Å². The third-order valence-corrected chi connectivity index (χ3v) is 24.4. The molecule has 2 aliphatic rings. The Bertz CT molecular complexity index is 7270. The van der Waals surface area contributed by atoms with Crippen molar-refractivity contribution in [2.75, 3.05) is 44.7 Å². The van der Waals surface area contributed by atoms with Gasteiger partial charge in [0.2, 0.25) is 0 Å². The first-order valence-electron chi connectivity index (χ1n) is 43.7. The van der Waals surface area contributed by atoms with Gasteiger partial charge in [-0.05, 0) is 293 Å². The molecular formula is C119H95BBrCuIN6O3. The number of nitrogens with one attached hydrogen (secondary N) is 1. The average Bonchev–Trinajstić information content (AvgIpc) is 0.770. The molecule has 0 aromatic heterocycles. The second-order valence-corrected chi connectivity index (χ2v) is 32.8. The smallest absolute Gasteiger partial charge is 0.0470 e. The molecule has 21 aromatic carbocycles. The number of ether oxygens (including phenoxy) is 1. The quantitative estimate of drug-likeness (QED) is 0.0453. The van der Waals surface area contributed by atoms with Crippen molar-refractivity contribution in [3.05, 3.63) is 472 Å². The van der Waals surface area contributed by atoms with Crippen LogP contribution in [0.1, 0.15) is 20.3 Å². The van der Waals surface area contributed by atoms with Crippen molar-refractivity contribution in [1.29, 1.82) is 0 Å². The van der Waals surface area contributed by atoms with Crippen LogP contribution in [0.15, 0.2) is 472 Å². The number of nitrogens with two attached hydrogens (primary N) is 2. The Morgan fingerprint density at radius 1 is 0.280 bits per heavy atom. The van der Waals surface area contributed by atoms with Gasteiger partial charge in [-0.25, -0.2) is 0 Å². The van der Waals surface area contributed by atoms with Gasteiger partial charge in [0.1, 0.15) is 5.75 Å². The predicted octanol–water partition coefficient (Wildman–Crippen LogP) is 33.6. The van der Waals surface area contributed by atoms with E-state index in [0.717, 1.165) is 130 Å². The summed E-state index contributed by atoms with van der Waals surface area (Å²) in [6.45, 7) is 2.00. The summed E-state index contributed by atoms with van der Waals surface area (Å²) in [5.74, 6) is 0.605. The van der Waals surface area contributed by atoms with Crippen LogP contribution >= 0.6 is 36.3 Å². The van der Waals surface area contributed by atoms with E-state index < -0.39 is 0 Å². The molecule has 9 nitrogen and oxygen atoms in total. The number of para-hydroxylation sites is 6. The van der Waals surface area contributed by atoms with Gasteiger partial charge < -0.3 is 45.9 Å². The molecule has 2 aliphatic heterocycles. The molecule has 0 aliphatic carbocycles. The van der Waals surface area contributed by atoms with Crippen molar-refractivity contribution < 1.29 is 27.2 Å². The fraction of sp³-hybridized carbons (Fsp3) is 0.0420. The second kappa shape index (κ2) is 42.8. The molecule has 0 atom stereocenters. The summed E-state index contributed by atoms with van der Waals surface area (Å²) in [5, 5.41) is 26.8. The molecule has 132 heavy (non-hydrogen) atoms. The van der Waals surface area contributed by atoms with Crippen molar-refractivity contribution in [2.24, 2.45) is 0 Å². The van der Waals surface area contributed by atoms with Gasteiger partial charge in [-0.2, -0.15) is 0 Å². The van der Waals surface area contributed by atoms with Crippen LogP contribution in [0.5, 0.6) is 5.75 Å². The predicted molar refractivity (Wildman–Crippen MR) is 571 cm³/mol. The molecule has 1 saturated heterocycles. The first-order chi connectivity index (χ1) is 64.7. The van der Waals surface area contributed by atoms with E-state index in [4.69, 9.17) is 25.9 Å². The van der Waals surface area contributed by atoms with Crippen molar-refractivity contribution in [3.8, 4) is 61.4 Å². The van der Waals surface area contributed by atoms with E-state index in [-0.39, 0.29) is 7.43 Å². The number of fused-ring (bicyclic) bond motifs is 7. The van der Waals surface area contributed by atoms with E-state index in [1.54, 1.807) is 20.3 Å². The number of anilines is 13. The van der Waals surface area contributed by atoms with Crippen LogP contribution in [0.25, 0.3) is 120 Å². The molecule has 1 radical (unpaired) electrons. The number of halogens is 2. The summed E-state index contributed by atoms with van der Waals surface area (Å²) in [6.07, 6.45) is 2.56. The van der Waals surface area contributed by atoms with Crippen LogP contribution in [-0.2, 0) is 17.5 Å². The summed E-state index contributed by atoms with van der Waals surface area (Å²) in [4.78, 5) is 6.83. The third kappa shape index (κ3) is 20.4. The minimum absolute atomic E-state index is 0.